The normalized spacial score (nSPS) is 27.4. The highest BCUT2D eigenvalue weighted by atomic mass is 16.6. The van der Waals surface area contributed by atoms with Gasteiger partial charge in [-0.1, -0.05) is 0 Å². The summed E-state index contributed by atoms with van der Waals surface area (Å²) in [5, 5.41) is 28.7. The maximum Gasteiger partial charge on any atom is 0.263 e. The summed E-state index contributed by atoms with van der Waals surface area (Å²) in [6.45, 7) is -0.405. The van der Waals surface area contributed by atoms with Crippen LogP contribution in [0.1, 0.15) is 11.8 Å². The molecule has 4 atom stereocenters. The summed E-state index contributed by atoms with van der Waals surface area (Å²) in [4.78, 5) is 18.4. The molecule has 5 N–H and O–H groups in total. The average Bonchev–Trinajstić information content (AvgIpc) is 3.04. The number of nitrogens with one attached hydrogen (secondary N) is 1. The van der Waals surface area contributed by atoms with Crippen LogP contribution in [0.2, 0.25) is 0 Å². The molecule has 3 rings (SSSR count). The summed E-state index contributed by atoms with van der Waals surface area (Å²) < 4.78 is 12.2. The predicted octanol–water partition coefficient (Wildman–Crippen LogP) is -1.56. The molecule has 2 aromatic heterocycles. The van der Waals surface area contributed by atoms with E-state index in [0.29, 0.717) is 0 Å². The maximum absolute atomic E-state index is 12.0. The standard InChI is InChI=1S/C13H15N5O5/c1-22-9-8(20)6(4-19)23-12(9)18-3-5(2-14)7-10(18)16-13(15)17-11(7)21/h3,6,8-9,12,19-20H,4H2,1H3,(H3,15,16,17,21)/t6-,8?,9?,12-/m1/s1. The van der Waals surface area contributed by atoms with Gasteiger partial charge < -0.3 is 30.0 Å². The summed E-state index contributed by atoms with van der Waals surface area (Å²) >= 11 is 0. The number of fused-ring (bicyclic) bond motifs is 1. The fraction of sp³-hybridized carbons (Fsp3) is 0.462. The van der Waals surface area contributed by atoms with Crippen molar-refractivity contribution in [2.45, 2.75) is 24.5 Å². The fourth-order valence-corrected chi connectivity index (χ4v) is 2.80. The van der Waals surface area contributed by atoms with E-state index in [1.54, 1.807) is 0 Å². The van der Waals surface area contributed by atoms with Gasteiger partial charge in [-0.25, -0.2) is 0 Å². The molecule has 2 aromatic rings. The van der Waals surface area contributed by atoms with Crippen molar-refractivity contribution in [2.24, 2.45) is 0 Å². The number of methoxy groups -OCH3 is 1. The van der Waals surface area contributed by atoms with Crippen LogP contribution >= 0.6 is 0 Å². The number of nitrogen functional groups attached to an aromatic ring is 1. The van der Waals surface area contributed by atoms with Crippen LogP contribution < -0.4 is 11.3 Å². The van der Waals surface area contributed by atoms with E-state index >= 15 is 0 Å². The van der Waals surface area contributed by atoms with Crippen LogP contribution in [0.5, 0.6) is 0 Å². The maximum atomic E-state index is 12.0. The molecular formula is C13H15N5O5. The second-order valence-electron chi connectivity index (χ2n) is 5.15. The van der Waals surface area contributed by atoms with Crippen LogP contribution in [0, 0.1) is 11.3 Å². The van der Waals surface area contributed by atoms with E-state index in [1.807, 2.05) is 6.07 Å². The van der Waals surface area contributed by atoms with E-state index in [4.69, 9.17) is 15.2 Å². The van der Waals surface area contributed by atoms with Crippen LogP contribution in [0.15, 0.2) is 11.0 Å². The van der Waals surface area contributed by atoms with E-state index in [-0.39, 0.29) is 22.5 Å². The van der Waals surface area contributed by atoms with Gasteiger partial charge in [0.1, 0.15) is 29.8 Å². The second-order valence-corrected chi connectivity index (χ2v) is 5.15. The Morgan fingerprint density at radius 1 is 1.65 bits per heavy atom. The van der Waals surface area contributed by atoms with Crippen molar-refractivity contribution < 1.29 is 19.7 Å². The first-order valence-corrected chi connectivity index (χ1v) is 6.79. The molecular weight excluding hydrogens is 306 g/mol. The van der Waals surface area contributed by atoms with Crippen LogP contribution in [-0.4, -0.2) is 56.8 Å². The molecule has 0 aromatic carbocycles. The smallest absolute Gasteiger partial charge is 0.263 e. The Bertz CT molecular complexity index is 838. The zero-order chi connectivity index (χ0) is 16.7. The Labute approximate surface area is 129 Å². The minimum atomic E-state index is -1.07. The van der Waals surface area contributed by atoms with Crippen molar-refractivity contribution in [3.8, 4) is 6.07 Å². The lowest BCUT2D eigenvalue weighted by atomic mass is 10.1. The zero-order valence-electron chi connectivity index (χ0n) is 12.1. The molecule has 0 saturated carbocycles. The van der Waals surface area contributed by atoms with Crippen molar-refractivity contribution in [3.63, 3.8) is 0 Å². The number of ether oxygens (including phenoxy) is 2. The van der Waals surface area contributed by atoms with Gasteiger partial charge in [0.05, 0.1) is 12.2 Å². The Hall–Kier alpha value is -2.45. The largest absolute Gasteiger partial charge is 0.394 e. The van der Waals surface area contributed by atoms with Gasteiger partial charge in [-0.05, 0) is 0 Å². The third kappa shape index (κ3) is 2.27. The molecule has 0 bridgehead atoms. The summed E-state index contributed by atoms with van der Waals surface area (Å²) in [6, 6.07) is 1.91. The van der Waals surface area contributed by atoms with Gasteiger partial charge in [-0.15, -0.1) is 0 Å². The van der Waals surface area contributed by atoms with Gasteiger partial charge in [-0.2, -0.15) is 10.2 Å². The second kappa shape index (κ2) is 5.64. The van der Waals surface area contributed by atoms with Gasteiger partial charge in [0.2, 0.25) is 5.95 Å². The molecule has 1 saturated heterocycles. The third-order valence-corrected chi connectivity index (χ3v) is 3.86. The SMILES string of the molecule is COC1C(O)[C@@H](CO)O[C@H]1n1cc(C#N)c2c(=O)[nH]c(N)nc21. The fourth-order valence-electron chi connectivity index (χ4n) is 2.80. The van der Waals surface area contributed by atoms with Crippen LogP contribution in [0.25, 0.3) is 11.0 Å². The number of aliphatic hydroxyl groups excluding tert-OH is 2. The van der Waals surface area contributed by atoms with E-state index in [2.05, 4.69) is 9.97 Å². The molecule has 1 aliphatic heterocycles. The van der Waals surface area contributed by atoms with Crippen LogP contribution in [0.3, 0.4) is 0 Å². The van der Waals surface area contributed by atoms with Gasteiger partial charge >= 0.3 is 0 Å². The number of rotatable bonds is 3. The number of anilines is 1. The van der Waals surface area contributed by atoms with Crippen molar-refractivity contribution in [1.29, 1.82) is 5.26 Å². The minimum absolute atomic E-state index is 0.0714. The van der Waals surface area contributed by atoms with E-state index in [0.717, 1.165) is 0 Å². The third-order valence-electron chi connectivity index (χ3n) is 3.86. The highest BCUT2D eigenvalue weighted by molar-refractivity contribution is 5.83. The molecule has 23 heavy (non-hydrogen) atoms. The van der Waals surface area contributed by atoms with Gasteiger partial charge in [-0.3, -0.25) is 9.78 Å². The predicted molar refractivity (Wildman–Crippen MR) is 77.3 cm³/mol. The van der Waals surface area contributed by atoms with Crippen molar-refractivity contribution >= 4 is 17.0 Å². The number of H-pyrrole nitrogens is 1. The highest BCUT2D eigenvalue weighted by Crippen LogP contribution is 2.34. The molecule has 0 aliphatic carbocycles. The number of hydrogen-bond acceptors (Lipinski definition) is 8. The molecule has 0 amide bonds. The molecule has 1 aliphatic rings. The Kier molecular flexibility index (Phi) is 3.78. The number of nitriles is 1. The molecule has 10 heteroatoms. The van der Waals surface area contributed by atoms with Crippen LogP contribution in [-0.2, 0) is 9.47 Å². The van der Waals surface area contributed by atoms with E-state index < -0.39 is 36.7 Å². The van der Waals surface area contributed by atoms with Crippen LogP contribution in [0.4, 0.5) is 5.95 Å². The molecule has 0 radical (unpaired) electrons. The molecule has 10 nitrogen and oxygen atoms in total. The average molecular weight is 321 g/mol. The molecule has 0 spiro atoms. The Morgan fingerprint density at radius 2 is 2.39 bits per heavy atom. The lowest BCUT2D eigenvalue weighted by molar-refractivity contribution is -0.0580. The van der Waals surface area contributed by atoms with Crippen molar-refractivity contribution in [2.75, 3.05) is 19.5 Å². The summed E-state index contributed by atoms with van der Waals surface area (Å²) in [5.41, 5.74) is 5.25. The van der Waals surface area contributed by atoms with E-state index in [9.17, 15) is 20.3 Å². The summed E-state index contributed by atoms with van der Waals surface area (Å²) in [7, 11) is 1.38. The number of aromatic nitrogens is 3. The van der Waals surface area contributed by atoms with E-state index in [1.165, 1.54) is 17.9 Å². The first kappa shape index (κ1) is 15.4. The topological polar surface area (TPSA) is 159 Å². The quantitative estimate of drug-likeness (QED) is 0.528. The number of aromatic amines is 1. The van der Waals surface area contributed by atoms with Crippen molar-refractivity contribution in [3.05, 3.63) is 22.1 Å². The number of aliphatic hydroxyl groups is 2. The number of nitrogens with two attached hydrogens (primary N) is 1. The van der Waals surface area contributed by atoms with Gasteiger partial charge in [0, 0.05) is 13.3 Å². The summed E-state index contributed by atoms with van der Waals surface area (Å²) in [6.07, 6.45) is -2.22. The first-order chi connectivity index (χ1) is 11.0. The monoisotopic (exact) mass is 321 g/mol. The Morgan fingerprint density at radius 3 is 3.00 bits per heavy atom. The molecule has 1 fully saturated rings. The Balaban J connectivity index is 2.21. The summed E-state index contributed by atoms with van der Waals surface area (Å²) in [5.74, 6) is -0.113. The van der Waals surface area contributed by atoms with Crippen molar-refractivity contribution in [1.82, 2.24) is 14.5 Å². The number of nitrogens with zero attached hydrogens (tertiary/aromatic N) is 3. The lowest BCUT2D eigenvalue weighted by Gasteiger charge is -2.20. The minimum Gasteiger partial charge on any atom is -0.394 e. The van der Waals surface area contributed by atoms with Gasteiger partial charge in [0.25, 0.3) is 5.56 Å². The first-order valence-electron chi connectivity index (χ1n) is 6.79. The highest BCUT2D eigenvalue weighted by Gasteiger charge is 2.45. The zero-order valence-corrected chi connectivity index (χ0v) is 12.1. The van der Waals surface area contributed by atoms with Gasteiger partial charge in [0.15, 0.2) is 11.9 Å². The molecule has 2 unspecified atom stereocenters. The number of hydrogen-bond donors (Lipinski definition) is 4. The molecule has 3 heterocycles. The lowest BCUT2D eigenvalue weighted by Crippen LogP contribution is -2.34. The molecule has 122 valence electrons.